The summed E-state index contributed by atoms with van der Waals surface area (Å²) in [7, 11) is -3.57. The molecule has 0 bridgehead atoms. The van der Waals surface area contributed by atoms with Crippen molar-refractivity contribution in [3.8, 4) is 0 Å². The normalized spacial score (nSPS) is 24.3. The molecule has 0 radical (unpaired) electrons. The summed E-state index contributed by atoms with van der Waals surface area (Å²) in [5.74, 6) is 0.108. The van der Waals surface area contributed by atoms with Crippen molar-refractivity contribution >= 4 is 21.8 Å². The maximum atomic E-state index is 12.3. The number of morpholine rings is 1. The molecule has 1 N–H and O–H groups in total. The van der Waals surface area contributed by atoms with Crippen LogP contribution in [-0.2, 0) is 19.6 Å². The van der Waals surface area contributed by atoms with Gasteiger partial charge < -0.3 is 9.64 Å². The molecular formula is C15H19N3O4S. The molecule has 2 aliphatic rings. The molecule has 0 unspecified atom stereocenters. The second-order valence-corrected chi connectivity index (χ2v) is 7.16. The van der Waals surface area contributed by atoms with E-state index >= 15 is 0 Å². The minimum atomic E-state index is -3.57. The molecule has 1 aromatic rings. The number of carbonyl (C=O) groups is 1. The number of amidine groups is 1. The smallest absolute Gasteiger partial charge is 0.263 e. The highest BCUT2D eigenvalue weighted by Gasteiger charge is 2.30. The van der Waals surface area contributed by atoms with Gasteiger partial charge in [-0.1, -0.05) is 19.1 Å². The van der Waals surface area contributed by atoms with Crippen LogP contribution in [0.5, 0.6) is 0 Å². The monoisotopic (exact) mass is 337 g/mol. The van der Waals surface area contributed by atoms with Crippen LogP contribution in [0.4, 0.5) is 0 Å². The SMILES string of the molecule is CC[C@@H]1CN(C(=O)CN=C2NS(=O)(=O)c3ccccc32)CCO1. The predicted molar refractivity (Wildman–Crippen MR) is 84.8 cm³/mol. The van der Waals surface area contributed by atoms with E-state index in [1.54, 1.807) is 23.1 Å². The maximum Gasteiger partial charge on any atom is 0.263 e. The Labute approximate surface area is 135 Å². The second-order valence-electron chi connectivity index (χ2n) is 5.51. The zero-order valence-corrected chi connectivity index (χ0v) is 13.7. The largest absolute Gasteiger partial charge is 0.375 e. The molecule has 8 heteroatoms. The molecule has 7 nitrogen and oxygen atoms in total. The van der Waals surface area contributed by atoms with Gasteiger partial charge in [0.2, 0.25) is 5.91 Å². The number of hydrogen-bond acceptors (Lipinski definition) is 5. The first-order valence-electron chi connectivity index (χ1n) is 7.57. The number of hydrogen-bond donors (Lipinski definition) is 1. The zero-order chi connectivity index (χ0) is 16.4. The van der Waals surface area contributed by atoms with E-state index in [2.05, 4.69) is 9.71 Å². The van der Waals surface area contributed by atoms with Gasteiger partial charge in [0, 0.05) is 18.7 Å². The fraction of sp³-hybridized carbons (Fsp3) is 0.467. The predicted octanol–water partition coefficient (Wildman–Crippen LogP) is 0.363. The van der Waals surface area contributed by atoms with Gasteiger partial charge in [0.1, 0.15) is 12.4 Å². The second kappa shape index (κ2) is 6.29. The molecule has 0 saturated carbocycles. The number of carbonyl (C=O) groups excluding carboxylic acids is 1. The number of rotatable bonds is 3. The summed E-state index contributed by atoms with van der Waals surface area (Å²) < 4.78 is 31.9. The summed E-state index contributed by atoms with van der Waals surface area (Å²) in [6.45, 7) is 3.56. The van der Waals surface area contributed by atoms with Crippen LogP contribution in [0, 0.1) is 0 Å². The Kier molecular flexibility index (Phi) is 4.36. The number of aliphatic imine (C=N–C) groups is 1. The van der Waals surface area contributed by atoms with E-state index in [4.69, 9.17) is 4.74 Å². The van der Waals surface area contributed by atoms with Crippen LogP contribution in [0.1, 0.15) is 18.9 Å². The standard InChI is InChI=1S/C15H19N3O4S/c1-2-11-10-18(7-8-22-11)14(19)9-16-15-12-5-3-4-6-13(12)23(20,21)17-15/h3-6,11H,2,7-10H2,1H3,(H,16,17)/t11-/m1/s1. The number of amides is 1. The van der Waals surface area contributed by atoms with Crippen molar-refractivity contribution in [1.82, 2.24) is 9.62 Å². The minimum absolute atomic E-state index is 0.0612. The van der Waals surface area contributed by atoms with Crippen LogP contribution in [-0.4, -0.2) is 57.4 Å². The van der Waals surface area contributed by atoms with Gasteiger partial charge in [0.15, 0.2) is 0 Å². The van der Waals surface area contributed by atoms with Crippen LogP contribution < -0.4 is 4.72 Å². The van der Waals surface area contributed by atoms with Crippen LogP contribution in [0.2, 0.25) is 0 Å². The van der Waals surface area contributed by atoms with Gasteiger partial charge in [-0.2, -0.15) is 0 Å². The third kappa shape index (κ3) is 3.23. The lowest BCUT2D eigenvalue weighted by Gasteiger charge is -2.32. The summed E-state index contributed by atoms with van der Waals surface area (Å²) in [5.41, 5.74) is 0.508. The Morgan fingerprint density at radius 2 is 2.22 bits per heavy atom. The molecule has 1 atom stereocenters. The van der Waals surface area contributed by atoms with E-state index < -0.39 is 10.0 Å². The summed E-state index contributed by atoms with van der Waals surface area (Å²) in [4.78, 5) is 18.4. The molecule has 2 aliphatic heterocycles. The molecule has 0 aliphatic carbocycles. The van der Waals surface area contributed by atoms with Gasteiger partial charge in [0.05, 0.1) is 17.6 Å². The summed E-state index contributed by atoms with van der Waals surface area (Å²) >= 11 is 0. The highest BCUT2D eigenvalue weighted by atomic mass is 32.2. The molecule has 3 rings (SSSR count). The molecule has 2 heterocycles. The first-order chi connectivity index (χ1) is 11.0. The van der Waals surface area contributed by atoms with Gasteiger partial charge in [0.25, 0.3) is 10.0 Å². The lowest BCUT2D eigenvalue weighted by atomic mass is 10.2. The highest BCUT2D eigenvalue weighted by Crippen LogP contribution is 2.22. The Bertz CT molecular complexity index is 745. The van der Waals surface area contributed by atoms with Crippen molar-refractivity contribution in [2.24, 2.45) is 4.99 Å². The quantitative estimate of drug-likeness (QED) is 0.863. The number of nitrogens with zero attached hydrogens (tertiary/aromatic N) is 2. The number of nitrogens with one attached hydrogen (secondary N) is 1. The first kappa shape index (κ1) is 15.9. The number of fused-ring (bicyclic) bond motifs is 1. The highest BCUT2D eigenvalue weighted by molar-refractivity contribution is 7.90. The van der Waals surface area contributed by atoms with Crippen LogP contribution in [0.25, 0.3) is 0 Å². The van der Waals surface area contributed by atoms with Crippen LogP contribution in [0.15, 0.2) is 34.2 Å². The average molecular weight is 337 g/mol. The molecule has 1 fully saturated rings. The number of ether oxygens (including phenoxy) is 1. The van der Waals surface area contributed by atoms with Crippen molar-refractivity contribution < 1.29 is 17.9 Å². The van der Waals surface area contributed by atoms with Crippen molar-refractivity contribution in [3.05, 3.63) is 29.8 Å². The van der Waals surface area contributed by atoms with Crippen molar-refractivity contribution in [3.63, 3.8) is 0 Å². The van der Waals surface area contributed by atoms with Gasteiger partial charge in [-0.3, -0.25) is 14.5 Å². The topological polar surface area (TPSA) is 88.1 Å². The minimum Gasteiger partial charge on any atom is -0.375 e. The fourth-order valence-corrected chi connectivity index (χ4v) is 3.94. The molecule has 1 saturated heterocycles. The maximum absolute atomic E-state index is 12.3. The molecule has 23 heavy (non-hydrogen) atoms. The number of benzene rings is 1. The molecular weight excluding hydrogens is 318 g/mol. The summed E-state index contributed by atoms with van der Waals surface area (Å²) in [6.07, 6.45) is 0.914. The third-order valence-electron chi connectivity index (χ3n) is 3.98. The summed E-state index contributed by atoms with van der Waals surface area (Å²) in [5, 5.41) is 0. The molecule has 124 valence electrons. The van der Waals surface area contributed by atoms with E-state index in [1.807, 2.05) is 6.92 Å². The Hall–Kier alpha value is -1.93. The van der Waals surface area contributed by atoms with Gasteiger partial charge in [-0.25, -0.2) is 8.42 Å². The van der Waals surface area contributed by atoms with E-state index in [-0.39, 0.29) is 29.3 Å². The van der Waals surface area contributed by atoms with Gasteiger partial charge in [-0.15, -0.1) is 0 Å². The van der Waals surface area contributed by atoms with E-state index in [1.165, 1.54) is 6.07 Å². The number of sulfonamides is 1. The van der Waals surface area contributed by atoms with Gasteiger partial charge >= 0.3 is 0 Å². The Morgan fingerprint density at radius 3 is 3.00 bits per heavy atom. The zero-order valence-electron chi connectivity index (χ0n) is 12.9. The fourth-order valence-electron chi connectivity index (χ4n) is 2.69. The Balaban J connectivity index is 1.73. The lowest BCUT2D eigenvalue weighted by Crippen LogP contribution is -2.46. The van der Waals surface area contributed by atoms with E-state index in [0.717, 1.165) is 6.42 Å². The third-order valence-corrected chi connectivity index (χ3v) is 5.38. The molecule has 1 amide bonds. The Morgan fingerprint density at radius 1 is 1.43 bits per heavy atom. The lowest BCUT2D eigenvalue weighted by molar-refractivity contribution is -0.137. The molecule has 0 spiro atoms. The average Bonchev–Trinajstić information content (AvgIpc) is 2.84. The first-order valence-corrected chi connectivity index (χ1v) is 9.05. The van der Waals surface area contributed by atoms with E-state index in [0.29, 0.717) is 25.3 Å². The molecule has 1 aromatic carbocycles. The molecule has 0 aromatic heterocycles. The van der Waals surface area contributed by atoms with Crippen molar-refractivity contribution in [1.29, 1.82) is 0 Å². The van der Waals surface area contributed by atoms with E-state index in [9.17, 15) is 13.2 Å². The van der Waals surface area contributed by atoms with Crippen molar-refractivity contribution in [2.45, 2.75) is 24.3 Å². The van der Waals surface area contributed by atoms with Crippen molar-refractivity contribution in [2.75, 3.05) is 26.2 Å². The van der Waals surface area contributed by atoms with Crippen LogP contribution >= 0.6 is 0 Å². The van der Waals surface area contributed by atoms with Crippen LogP contribution in [0.3, 0.4) is 0 Å². The van der Waals surface area contributed by atoms with Gasteiger partial charge in [-0.05, 0) is 18.6 Å². The summed E-state index contributed by atoms with van der Waals surface area (Å²) in [6, 6.07) is 6.60.